The molecule has 3 rings (SSSR count). The minimum atomic E-state index is -0.972. The highest BCUT2D eigenvalue weighted by atomic mass is 32.1. The molecular formula is C13H9N3O3S. The lowest BCUT2D eigenvalue weighted by Crippen LogP contribution is -1.94. The van der Waals surface area contributed by atoms with Crippen molar-refractivity contribution in [1.82, 2.24) is 15.2 Å². The molecule has 0 aliphatic heterocycles. The zero-order valence-electron chi connectivity index (χ0n) is 10.4. The van der Waals surface area contributed by atoms with E-state index in [2.05, 4.69) is 15.2 Å². The summed E-state index contributed by atoms with van der Waals surface area (Å²) in [5.74, 6) is -0.282. The normalized spacial score (nSPS) is 10.7. The maximum absolute atomic E-state index is 10.8. The Kier molecular flexibility index (Phi) is 3.03. The summed E-state index contributed by atoms with van der Waals surface area (Å²) in [6, 6.07) is 6.25. The zero-order valence-corrected chi connectivity index (χ0v) is 11.2. The smallest absolute Gasteiger partial charge is 0.335 e. The molecule has 3 aromatic rings. The quantitative estimate of drug-likeness (QED) is 0.796. The van der Waals surface area contributed by atoms with E-state index >= 15 is 0 Å². The molecule has 1 N–H and O–H groups in total. The van der Waals surface area contributed by atoms with Gasteiger partial charge in [-0.2, -0.15) is 0 Å². The maximum Gasteiger partial charge on any atom is 0.335 e. The molecule has 0 unspecified atom stereocenters. The average molecular weight is 287 g/mol. The third-order valence-electron chi connectivity index (χ3n) is 2.64. The van der Waals surface area contributed by atoms with Gasteiger partial charge < -0.3 is 9.52 Å². The first-order valence-electron chi connectivity index (χ1n) is 5.73. The Balaban J connectivity index is 1.91. The van der Waals surface area contributed by atoms with E-state index in [1.165, 1.54) is 23.5 Å². The molecule has 0 spiro atoms. The fourth-order valence-electron chi connectivity index (χ4n) is 1.66. The van der Waals surface area contributed by atoms with Crippen LogP contribution >= 0.6 is 11.3 Å². The molecule has 2 aromatic heterocycles. The van der Waals surface area contributed by atoms with E-state index in [0.717, 1.165) is 5.01 Å². The van der Waals surface area contributed by atoms with Crippen LogP contribution in [0.3, 0.4) is 0 Å². The number of thiazole rings is 1. The van der Waals surface area contributed by atoms with Crippen molar-refractivity contribution in [2.24, 2.45) is 0 Å². The fourth-order valence-corrected chi connectivity index (χ4v) is 2.25. The lowest BCUT2D eigenvalue weighted by molar-refractivity contribution is 0.0697. The van der Waals surface area contributed by atoms with Gasteiger partial charge in [0, 0.05) is 10.9 Å². The minimum Gasteiger partial charge on any atom is -0.478 e. The van der Waals surface area contributed by atoms with Gasteiger partial charge in [-0.3, -0.25) is 0 Å². The van der Waals surface area contributed by atoms with Gasteiger partial charge in [-0.25, -0.2) is 9.78 Å². The molecule has 20 heavy (non-hydrogen) atoms. The fraction of sp³-hybridized carbons (Fsp3) is 0.0769. The van der Waals surface area contributed by atoms with Crippen LogP contribution in [0.15, 0.2) is 34.1 Å². The lowest BCUT2D eigenvalue weighted by Gasteiger charge is -1.96. The number of carboxylic acids is 1. The standard InChI is InChI=1S/C13H9N3O3S/c1-7-14-10(6-20-7)12-16-15-11(19-12)8-2-4-9(5-3-8)13(17)18/h2-6H,1H3,(H,17,18). The molecule has 0 saturated heterocycles. The summed E-state index contributed by atoms with van der Waals surface area (Å²) in [6.07, 6.45) is 0. The highest BCUT2D eigenvalue weighted by molar-refractivity contribution is 7.09. The second-order valence-electron chi connectivity index (χ2n) is 4.05. The number of carbonyl (C=O) groups is 1. The number of benzene rings is 1. The van der Waals surface area contributed by atoms with Crippen molar-refractivity contribution in [3.05, 3.63) is 40.2 Å². The Morgan fingerprint density at radius 3 is 2.50 bits per heavy atom. The van der Waals surface area contributed by atoms with Crippen LogP contribution in [-0.2, 0) is 0 Å². The summed E-state index contributed by atoms with van der Waals surface area (Å²) in [5, 5.41) is 19.5. The van der Waals surface area contributed by atoms with Crippen LogP contribution in [0.2, 0.25) is 0 Å². The van der Waals surface area contributed by atoms with Gasteiger partial charge in [-0.1, -0.05) is 0 Å². The zero-order chi connectivity index (χ0) is 14.1. The molecule has 0 fully saturated rings. The molecule has 6 nitrogen and oxygen atoms in total. The van der Waals surface area contributed by atoms with Crippen LogP contribution in [0.5, 0.6) is 0 Å². The Morgan fingerprint density at radius 1 is 1.20 bits per heavy atom. The van der Waals surface area contributed by atoms with E-state index in [9.17, 15) is 4.79 Å². The van der Waals surface area contributed by atoms with Crippen LogP contribution in [-0.4, -0.2) is 26.3 Å². The van der Waals surface area contributed by atoms with E-state index < -0.39 is 5.97 Å². The Hall–Kier alpha value is -2.54. The number of carboxylic acid groups (broad SMARTS) is 1. The first-order chi connectivity index (χ1) is 9.63. The third-order valence-corrected chi connectivity index (χ3v) is 3.42. The lowest BCUT2D eigenvalue weighted by atomic mass is 10.1. The Morgan fingerprint density at radius 2 is 1.90 bits per heavy atom. The van der Waals surface area contributed by atoms with Crippen molar-refractivity contribution in [2.45, 2.75) is 6.92 Å². The SMILES string of the molecule is Cc1nc(-c2nnc(-c3ccc(C(=O)O)cc3)o2)cs1. The number of hydrogen-bond donors (Lipinski definition) is 1. The largest absolute Gasteiger partial charge is 0.478 e. The number of rotatable bonds is 3. The molecule has 100 valence electrons. The van der Waals surface area contributed by atoms with E-state index in [-0.39, 0.29) is 5.56 Å². The predicted molar refractivity (Wildman–Crippen MR) is 72.5 cm³/mol. The van der Waals surface area contributed by atoms with Crippen molar-refractivity contribution < 1.29 is 14.3 Å². The van der Waals surface area contributed by atoms with Gasteiger partial charge in [-0.05, 0) is 31.2 Å². The summed E-state index contributed by atoms with van der Waals surface area (Å²) < 4.78 is 5.54. The first-order valence-corrected chi connectivity index (χ1v) is 6.61. The third kappa shape index (κ3) is 2.30. The van der Waals surface area contributed by atoms with Crippen LogP contribution in [0.4, 0.5) is 0 Å². The maximum atomic E-state index is 10.8. The van der Waals surface area contributed by atoms with Crippen LogP contribution in [0.25, 0.3) is 23.0 Å². The van der Waals surface area contributed by atoms with Crippen LogP contribution in [0.1, 0.15) is 15.4 Å². The topological polar surface area (TPSA) is 89.1 Å². The van der Waals surface area contributed by atoms with Gasteiger partial charge in [0.1, 0.15) is 5.69 Å². The van der Waals surface area contributed by atoms with Gasteiger partial charge >= 0.3 is 5.97 Å². The summed E-state index contributed by atoms with van der Waals surface area (Å²) in [7, 11) is 0. The molecule has 0 radical (unpaired) electrons. The van der Waals surface area contributed by atoms with Gasteiger partial charge in [0.05, 0.1) is 10.6 Å². The van der Waals surface area contributed by atoms with E-state index in [1.807, 2.05) is 12.3 Å². The van der Waals surface area contributed by atoms with Crippen LogP contribution < -0.4 is 0 Å². The summed E-state index contributed by atoms with van der Waals surface area (Å²) in [4.78, 5) is 15.1. The van der Waals surface area contributed by atoms with Crippen molar-refractivity contribution in [3.8, 4) is 23.0 Å². The van der Waals surface area contributed by atoms with E-state index in [1.54, 1.807) is 12.1 Å². The number of hydrogen-bond acceptors (Lipinski definition) is 6. The molecule has 1 aromatic carbocycles. The van der Waals surface area contributed by atoms with Gasteiger partial charge in [0.2, 0.25) is 5.89 Å². The van der Waals surface area contributed by atoms with E-state index in [0.29, 0.717) is 23.0 Å². The molecule has 0 aliphatic rings. The molecule has 0 bridgehead atoms. The highest BCUT2D eigenvalue weighted by Crippen LogP contribution is 2.25. The van der Waals surface area contributed by atoms with Gasteiger partial charge in [0.15, 0.2) is 0 Å². The first kappa shape index (κ1) is 12.5. The van der Waals surface area contributed by atoms with Crippen molar-refractivity contribution in [1.29, 1.82) is 0 Å². The predicted octanol–water partition coefficient (Wildman–Crippen LogP) is 2.87. The highest BCUT2D eigenvalue weighted by Gasteiger charge is 2.13. The second kappa shape index (κ2) is 4.86. The second-order valence-corrected chi connectivity index (χ2v) is 5.11. The number of aromatic carboxylic acids is 1. The average Bonchev–Trinajstić information content (AvgIpc) is 3.07. The van der Waals surface area contributed by atoms with Gasteiger partial charge in [-0.15, -0.1) is 21.5 Å². The number of aryl methyl sites for hydroxylation is 1. The van der Waals surface area contributed by atoms with Gasteiger partial charge in [0.25, 0.3) is 5.89 Å². The molecule has 0 atom stereocenters. The number of aromatic nitrogens is 3. The molecule has 0 aliphatic carbocycles. The molecule has 7 heteroatoms. The number of nitrogens with zero attached hydrogens (tertiary/aromatic N) is 3. The summed E-state index contributed by atoms with van der Waals surface area (Å²) in [6.45, 7) is 1.90. The Bertz CT molecular complexity index is 761. The van der Waals surface area contributed by atoms with Crippen molar-refractivity contribution in [3.63, 3.8) is 0 Å². The van der Waals surface area contributed by atoms with Crippen molar-refractivity contribution >= 4 is 17.3 Å². The molecule has 0 saturated carbocycles. The monoisotopic (exact) mass is 287 g/mol. The minimum absolute atomic E-state index is 0.212. The molecular weight excluding hydrogens is 278 g/mol. The Labute approximate surface area is 117 Å². The molecule has 0 amide bonds. The summed E-state index contributed by atoms with van der Waals surface area (Å²) in [5.41, 5.74) is 1.53. The van der Waals surface area contributed by atoms with Crippen LogP contribution in [0, 0.1) is 6.92 Å². The van der Waals surface area contributed by atoms with Crippen molar-refractivity contribution in [2.75, 3.05) is 0 Å². The van der Waals surface area contributed by atoms with E-state index in [4.69, 9.17) is 9.52 Å². The summed E-state index contributed by atoms with van der Waals surface area (Å²) >= 11 is 1.51. The molecule has 2 heterocycles.